The summed E-state index contributed by atoms with van der Waals surface area (Å²) >= 11 is 0. The Balaban J connectivity index is 1.95. The van der Waals surface area contributed by atoms with Crippen molar-refractivity contribution < 1.29 is 17.9 Å². The molecule has 0 radical (unpaired) electrons. The van der Waals surface area contributed by atoms with Crippen molar-refractivity contribution in [2.45, 2.75) is 4.90 Å². The maximum Gasteiger partial charge on any atom is 0.298 e. The van der Waals surface area contributed by atoms with Crippen molar-refractivity contribution >= 4 is 33.1 Å². The number of sulfonamides is 1. The van der Waals surface area contributed by atoms with Crippen molar-refractivity contribution in [3.63, 3.8) is 0 Å². The van der Waals surface area contributed by atoms with E-state index in [0.717, 1.165) is 5.39 Å². The molecule has 116 valence electrons. The highest BCUT2D eigenvalue weighted by atomic mass is 32.2. The number of hydrogen-bond acceptors (Lipinski definition) is 5. The van der Waals surface area contributed by atoms with Crippen LogP contribution in [-0.4, -0.2) is 19.9 Å². The SMILES string of the molecule is O=COc1ccc(S(=O)(=O)Nc2cccc3cccnc23)cc1. The summed E-state index contributed by atoms with van der Waals surface area (Å²) in [7, 11) is -3.77. The molecule has 0 saturated carbocycles. The first-order chi connectivity index (χ1) is 11.1. The van der Waals surface area contributed by atoms with Gasteiger partial charge in [-0.25, -0.2) is 8.42 Å². The summed E-state index contributed by atoms with van der Waals surface area (Å²) in [5.41, 5.74) is 0.968. The highest BCUT2D eigenvalue weighted by molar-refractivity contribution is 7.92. The van der Waals surface area contributed by atoms with E-state index in [4.69, 9.17) is 0 Å². The lowest BCUT2D eigenvalue weighted by atomic mass is 10.2. The third-order valence-electron chi connectivity index (χ3n) is 3.20. The average Bonchev–Trinajstić information content (AvgIpc) is 2.56. The Morgan fingerprint density at radius 3 is 2.48 bits per heavy atom. The molecule has 3 aromatic rings. The average molecular weight is 328 g/mol. The van der Waals surface area contributed by atoms with Gasteiger partial charge in [0.05, 0.1) is 16.1 Å². The van der Waals surface area contributed by atoms with Crippen molar-refractivity contribution in [1.29, 1.82) is 0 Å². The quantitative estimate of drug-likeness (QED) is 0.728. The number of para-hydroxylation sites is 1. The number of aromatic nitrogens is 1. The van der Waals surface area contributed by atoms with Gasteiger partial charge in [0.25, 0.3) is 16.5 Å². The Bertz CT molecular complexity index is 948. The number of carbonyl (C=O) groups is 1. The number of hydrogen-bond donors (Lipinski definition) is 1. The highest BCUT2D eigenvalue weighted by Crippen LogP contribution is 2.24. The maximum absolute atomic E-state index is 12.5. The fraction of sp³-hybridized carbons (Fsp3) is 0. The van der Waals surface area contributed by atoms with Crippen molar-refractivity contribution in [2.75, 3.05) is 4.72 Å². The van der Waals surface area contributed by atoms with Crippen LogP contribution in [0.1, 0.15) is 0 Å². The summed E-state index contributed by atoms with van der Waals surface area (Å²) in [5.74, 6) is 0.269. The zero-order valence-electron chi connectivity index (χ0n) is 11.8. The van der Waals surface area contributed by atoms with Gasteiger partial charge in [0.2, 0.25) is 0 Å². The molecule has 0 saturated heterocycles. The number of anilines is 1. The van der Waals surface area contributed by atoms with Crippen LogP contribution in [0.5, 0.6) is 5.75 Å². The van der Waals surface area contributed by atoms with Gasteiger partial charge in [-0.1, -0.05) is 18.2 Å². The minimum Gasteiger partial charge on any atom is -0.429 e. The van der Waals surface area contributed by atoms with Gasteiger partial charge in [-0.2, -0.15) is 0 Å². The number of rotatable bonds is 5. The minimum atomic E-state index is -3.77. The number of ether oxygens (including phenoxy) is 1. The molecule has 0 aliphatic rings. The highest BCUT2D eigenvalue weighted by Gasteiger charge is 2.16. The summed E-state index contributed by atoms with van der Waals surface area (Å²) in [6, 6.07) is 14.4. The Morgan fingerprint density at radius 1 is 1.00 bits per heavy atom. The van der Waals surface area contributed by atoms with Gasteiger partial charge in [0.15, 0.2) is 0 Å². The largest absolute Gasteiger partial charge is 0.429 e. The lowest BCUT2D eigenvalue weighted by molar-refractivity contribution is -0.120. The maximum atomic E-state index is 12.5. The second-order valence-electron chi connectivity index (χ2n) is 4.67. The van der Waals surface area contributed by atoms with E-state index in [1.807, 2.05) is 12.1 Å². The molecule has 2 aromatic carbocycles. The zero-order valence-corrected chi connectivity index (χ0v) is 12.7. The van der Waals surface area contributed by atoms with E-state index in [1.54, 1.807) is 24.4 Å². The van der Waals surface area contributed by atoms with E-state index in [9.17, 15) is 13.2 Å². The van der Waals surface area contributed by atoms with Crippen molar-refractivity contribution in [3.8, 4) is 5.75 Å². The molecular formula is C16H12N2O4S. The summed E-state index contributed by atoms with van der Waals surface area (Å²) in [6.07, 6.45) is 1.60. The summed E-state index contributed by atoms with van der Waals surface area (Å²) in [5, 5.41) is 0.836. The normalized spacial score (nSPS) is 11.1. The second kappa shape index (κ2) is 6.05. The van der Waals surface area contributed by atoms with E-state index in [2.05, 4.69) is 14.4 Å². The summed E-state index contributed by atoms with van der Waals surface area (Å²) < 4.78 is 32.1. The molecule has 0 aliphatic heterocycles. The Morgan fingerprint density at radius 2 is 1.74 bits per heavy atom. The second-order valence-corrected chi connectivity index (χ2v) is 6.35. The van der Waals surface area contributed by atoms with Crippen LogP contribution in [0, 0.1) is 0 Å². The monoisotopic (exact) mass is 328 g/mol. The lowest BCUT2D eigenvalue weighted by Gasteiger charge is -2.10. The van der Waals surface area contributed by atoms with Crippen molar-refractivity contribution in [2.24, 2.45) is 0 Å². The Kier molecular flexibility index (Phi) is 3.94. The molecule has 0 fully saturated rings. The molecule has 0 bridgehead atoms. The molecule has 3 rings (SSSR count). The van der Waals surface area contributed by atoms with E-state index in [0.29, 0.717) is 11.2 Å². The van der Waals surface area contributed by atoms with Crippen LogP contribution in [-0.2, 0) is 14.8 Å². The van der Waals surface area contributed by atoms with E-state index >= 15 is 0 Å². The van der Waals surface area contributed by atoms with E-state index < -0.39 is 10.0 Å². The van der Waals surface area contributed by atoms with Gasteiger partial charge in [-0.3, -0.25) is 14.5 Å². The fourth-order valence-corrected chi connectivity index (χ4v) is 3.21. The van der Waals surface area contributed by atoms with Gasteiger partial charge in [-0.05, 0) is 36.4 Å². The predicted octanol–water partition coefficient (Wildman–Crippen LogP) is 2.57. The number of benzene rings is 2. The predicted molar refractivity (Wildman–Crippen MR) is 85.7 cm³/mol. The first-order valence-electron chi connectivity index (χ1n) is 6.67. The van der Waals surface area contributed by atoms with Crippen LogP contribution in [0.15, 0.2) is 65.7 Å². The number of carbonyl (C=O) groups excluding carboxylic acids is 1. The van der Waals surface area contributed by atoms with Crippen LogP contribution in [0.4, 0.5) is 5.69 Å². The molecule has 0 aliphatic carbocycles. The molecule has 23 heavy (non-hydrogen) atoms. The van der Waals surface area contributed by atoms with E-state index in [1.165, 1.54) is 24.3 Å². The van der Waals surface area contributed by atoms with Crippen LogP contribution >= 0.6 is 0 Å². The number of pyridine rings is 1. The lowest BCUT2D eigenvalue weighted by Crippen LogP contribution is -2.13. The first kappa shape index (κ1) is 15.0. The van der Waals surface area contributed by atoms with Gasteiger partial charge in [-0.15, -0.1) is 0 Å². The molecule has 7 heteroatoms. The molecule has 0 unspecified atom stereocenters. The molecule has 0 atom stereocenters. The van der Waals surface area contributed by atoms with Crippen LogP contribution in [0.25, 0.3) is 10.9 Å². The standard InChI is InChI=1S/C16H12N2O4S/c19-11-22-13-6-8-14(9-7-13)23(20,21)18-15-5-1-3-12-4-2-10-17-16(12)15/h1-11,18H. The molecule has 1 aromatic heterocycles. The summed E-state index contributed by atoms with van der Waals surface area (Å²) in [6.45, 7) is 0.281. The Hall–Kier alpha value is -2.93. The van der Waals surface area contributed by atoms with Crippen molar-refractivity contribution in [3.05, 3.63) is 60.8 Å². The van der Waals surface area contributed by atoms with Crippen LogP contribution < -0.4 is 9.46 Å². The summed E-state index contributed by atoms with van der Waals surface area (Å²) in [4.78, 5) is 14.5. The van der Waals surface area contributed by atoms with Crippen LogP contribution in [0.3, 0.4) is 0 Å². The smallest absolute Gasteiger partial charge is 0.298 e. The van der Waals surface area contributed by atoms with Gasteiger partial charge in [0, 0.05) is 11.6 Å². The van der Waals surface area contributed by atoms with Crippen LogP contribution in [0.2, 0.25) is 0 Å². The molecular weight excluding hydrogens is 316 g/mol. The third kappa shape index (κ3) is 3.14. The van der Waals surface area contributed by atoms with Gasteiger partial charge >= 0.3 is 0 Å². The zero-order chi connectivity index (χ0) is 16.3. The number of nitrogens with zero attached hydrogens (tertiary/aromatic N) is 1. The number of nitrogens with one attached hydrogen (secondary N) is 1. The topological polar surface area (TPSA) is 85.4 Å². The molecule has 1 N–H and O–H groups in total. The minimum absolute atomic E-state index is 0.0590. The van der Waals surface area contributed by atoms with Gasteiger partial charge < -0.3 is 4.74 Å². The third-order valence-corrected chi connectivity index (χ3v) is 4.58. The molecule has 6 nitrogen and oxygen atoms in total. The molecule has 0 amide bonds. The first-order valence-corrected chi connectivity index (χ1v) is 8.15. The fourth-order valence-electron chi connectivity index (χ4n) is 2.14. The molecule has 1 heterocycles. The number of fused-ring (bicyclic) bond motifs is 1. The van der Waals surface area contributed by atoms with E-state index in [-0.39, 0.29) is 17.1 Å². The molecule has 0 spiro atoms. The van der Waals surface area contributed by atoms with Crippen molar-refractivity contribution in [1.82, 2.24) is 4.98 Å². The Labute approximate surface area is 132 Å². The van der Waals surface area contributed by atoms with Gasteiger partial charge in [0.1, 0.15) is 5.75 Å².